The first-order valence-corrected chi connectivity index (χ1v) is 15.8. The molecule has 1 fully saturated rings. The van der Waals surface area contributed by atoms with Gasteiger partial charge in [-0.2, -0.15) is 11.1 Å². The Kier molecular flexibility index (Phi) is 6.46. The summed E-state index contributed by atoms with van der Waals surface area (Å²) in [5.74, 6) is 1.03. The van der Waals surface area contributed by atoms with Gasteiger partial charge in [0.05, 0.1) is 25.9 Å². The second-order valence-electron chi connectivity index (χ2n) is 9.38. The molecule has 0 aliphatic carbocycles. The fraction of sp³-hybridized carbons (Fsp3) is 0.194. The van der Waals surface area contributed by atoms with E-state index in [0.29, 0.717) is 17.9 Å². The lowest BCUT2D eigenvalue weighted by Gasteiger charge is -2.48. The molecule has 0 spiro atoms. The molecule has 1 saturated heterocycles. The van der Waals surface area contributed by atoms with Gasteiger partial charge in [-0.25, -0.2) is 0 Å². The van der Waals surface area contributed by atoms with Gasteiger partial charge < -0.3 is 4.74 Å². The summed E-state index contributed by atoms with van der Waals surface area (Å²) in [5.41, 5.74) is 3.78. The Morgan fingerprint density at radius 2 is 1.20 bits per heavy atom. The average Bonchev–Trinajstić information content (AvgIpc) is 3.15. The SMILES string of the molecule is [CH2-][P+]1(N2CCOc3ccccc3P2c2ccccc2)[C@@H](c2ccccc2)CC[C@@H]1c1ccccc1. The molecular formula is C31H31NOP2. The molecule has 0 N–H and O–H groups in total. The van der Waals surface area contributed by atoms with E-state index in [1.807, 2.05) is 0 Å². The monoisotopic (exact) mass is 495 g/mol. The summed E-state index contributed by atoms with van der Waals surface area (Å²) in [6, 6.07) is 42.1. The van der Waals surface area contributed by atoms with Crippen LogP contribution in [0.2, 0.25) is 0 Å². The number of para-hydroxylation sites is 1. The van der Waals surface area contributed by atoms with Crippen molar-refractivity contribution in [2.75, 3.05) is 13.2 Å². The van der Waals surface area contributed by atoms with Gasteiger partial charge in [0.15, 0.2) is 0 Å². The molecule has 6 rings (SSSR count). The van der Waals surface area contributed by atoms with Crippen molar-refractivity contribution < 1.29 is 4.74 Å². The highest BCUT2D eigenvalue weighted by Crippen LogP contribution is 2.88. The van der Waals surface area contributed by atoms with Crippen LogP contribution in [-0.4, -0.2) is 17.6 Å². The zero-order valence-corrected chi connectivity index (χ0v) is 21.7. The summed E-state index contributed by atoms with van der Waals surface area (Å²) in [7, 11) is -2.70. The molecule has 4 aromatic carbocycles. The third-order valence-electron chi connectivity index (χ3n) is 7.47. The van der Waals surface area contributed by atoms with E-state index in [2.05, 4.69) is 120 Å². The molecule has 3 atom stereocenters. The van der Waals surface area contributed by atoms with E-state index in [-0.39, 0.29) is 0 Å². The van der Waals surface area contributed by atoms with Gasteiger partial charge in [-0.05, 0) is 48.8 Å². The van der Waals surface area contributed by atoms with Crippen molar-refractivity contribution in [3.63, 3.8) is 0 Å². The van der Waals surface area contributed by atoms with Crippen LogP contribution in [0.25, 0.3) is 0 Å². The summed E-state index contributed by atoms with van der Waals surface area (Å²) < 4.78 is 9.23. The van der Waals surface area contributed by atoms with Crippen LogP contribution in [0.5, 0.6) is 5.75 Å². The molecule has 35 heavy (non-hydrogen) atoms. The molecule has 0 bridgehead atoms. The molecular weight excluding hydrogens is 464 g/mol. The Balaban J connectivity index is 1.56. The third-order valence-corrected chi connectivity index (χ3v) is 15.6. The Bertz CT molecular complexity index is 1220. The number of fused-ring (bicyclic) bond motifs is 1. The van der Waals surface area contributed by atoms with Crippen molar-refractivity contribution in [2.45, 2.75) is 24.2 Å². The van der Waals surface area contributed by atoms with E-state index >= 15 is 0 Å². The highest BCUT2D eigenvalue weighted by molar-refractivity contribution is 7.87. The molecule has 2 aliphatic heterocycles. The molecule has 4 heteroatoms. The standard InChI is InChI=1S/C31H31NOP2/c1-35(30(25-13-5-2-6-14-25)21-22-31(35)26-15-7-3-8-16-26)32-23-24-33-28-19-11-12-20-29(28)34(32)27-17-9-4-10-18-27/h2-20,30-31H,1,21-24H2/t30-,31-,34?/m1/s1. The first kappa shape index (κ1) is 22.9. The lowest BCUT2D eigenvalue weighted by Crippen LogP contribution is -2.31. The fourth-order valence-corrected chi connectivity index (χ4v) is 14.8. The summed E-state index contributed by atoms with van der Waals surface area (Å²) in [6.07, 6.45) is 2.36. The van der Waals surface area contributed by atoms with E-state index in [1.165, 1.54) is 34.6 Å². The first-order valence-electron chi connectivity index (χ1n) is 12.4. The summed E-state index contributed by atoms with van der Waals surface area (Å²) >= 11 is 0. The quantitative estimate of drug-likeness (QED) is 0.212. The molecule has 0 amide bonds. The molecule has 1 unspecified atom stereocenters. The number of rotatable bonds is 4. The number of hydrogen-bond acceptors (Lipinski definition) is 2. The van der Waals surface area contributed by atoms with Gasteiger partial charge in [-0.15, -0.1) is 0 Å². The molecule has 0 radical (unpaired) electrons. The second-order valence-corrected chi connectivity index (χ2v) is 15.3. The van der Waals surface area contributed by atoms with E-state index in [0.717, 1.165) is 12.3 Å². The lowest BCUT2D eigenvalue weighted by molar-refractivity contribution is 0.314. The van der Waals surface area contributed by atoms with Crippen molar-refractivity contribution >= 4 is 26.1 Å². The zero-order valence-electron chi connectivity index (χ0n) is 19.9. The highest BCUT2D eigenvalue weighted by atomic mass is 31.2. The Morgan fingerprint density at radius 1 is 0.686 bits per heavy atom. The fourth-order valence-electron chi connectivity index (χ4n) is 5.91. The van der Waals surface area contributed by atoms with Crippen LogP contribution in [0.4, 0.5) is 0 Å². The molecule has 4 aromatic rings. The van der Waals surface area contributed by atoms with Crippen LogP contribution >= 0.6 is 15.5 Å². The van der Waals surface area contributed by atoms with Crippen molar-refractivity contribution in [2.24, 2.45) is 0 Å². The predicted octanol–water partition coefficient (Wildman–Crippen LogP) is 7.73. The topological polar surface area (TPSA) is 12.5 Å². The minimum Gasteiger partial charge on any atom is -0.491 e. The van der Waals surface area contributed by atoms with Gasteiger partial charge in [0.1, 0.15) is 12.4 Å². The Morgan fingerprint density at radius 3 is 1.80 bits per heavy atom. The smallest absolute Gasteiger partial charge is 0.128 e. The maximum Gasteiger partial charge on any atom is 0.128 e. The third kappa shape index (κ3) is 4.13. The molecule has 0 aromatic heterocycles. The second kappa shape index (κ2) is 9.87. The first-order chi connectivity index (χ1) is 17.3. The number of ether oxygens (including phenoxy) is 1. The van der Waals surface area contributed by atoms with Crippen LogP contribution in [0.1, 0.15) is 35.3 Å². The van der Waals surface area contributed by atoms with Crippen molar-refractivity contribution in [3.05, 3.63) is 133 Å². The summed E-state index contributed by atoms with van der Waals surface area (Å²) in [6.45, 7) is 6.90. The zero-order chi connectivity index (χ0) is 23.7. The van der Waals surface area contributed by atoms with Crippen molar-refractivity contribution in [3.8, 4) is 5.75 Å². The minimum absolute atomic E-state index is 0.452. The Hall–Kier alpha value is -2.50. The van der Waals surface area contributed by atoms with Gasteiger partial charge >= 0.3 is 0 Å². The minimum atomic E-state index is -1.93. The van der Waals surface area contributed by atoms with E-state index in [9.17, 15) is 0 Å². The van der Waals surface area contributed by atoms with E-state index in [4.69, 9.17) is 11.4 Å². The van der Waals surface area contributed by atoms with E-state index < -0.39 is 15.5 Å². The number of hydrogen-bond donors (Lipinski definition) is 0. The molecule has 2 aliphatic rings. The van der Waals surface area contributed by atoms with Crippen LogP contribution < -0.4 is 15.3 Å². The van der Waals surface area contributed by atoms with Crippen LogP contribution in [0, 0.1) is 6.66 Å². The Labute approximate surface area is 211 Å². The highest BCUT2D eigenvalue weighted by Gasteiger charge is 2.56. The van der Waals surface area contributed by atoms with Crippen LogP contribution in [-0.2, 0) is 0 Å². The van der Waals surface area contributed by atoms with Crippen LogP contribution in [0.3, 0.4) is 0 Å². The molecule has 0 saturated carbocycles. The molecule has 2 nitrogen and oxygen atoms in total. The normalized spacial score (nSPS) is 23.7. The number of nitrogens with zero attached hydrogens (tertiary/aromatic N) is 1. The summed E-state index contributed by atoms with van der Waals surface area (Å²) in [4.78, 5) is 0. The van der Waals surface area contributed by atoms with Gasteiger partial charge in [-0.3, -0.25) is 0 Å². The van der Waals surface area contributed by atoms with Gasteiger partial charge in [0.2, 0.25) is 0 Å². The number of benzene rings is 4. The van der Waals surface area contributed by atoms with Gasteiger partial charge in [0.25, 0.3) is 0 Å². The predicted molar refractivity (Wildman–Crippen MR) is 151 cm³/mol. The molecule has 176 valence electrons. The van der Waals surface area contributed by atoms with Crippen LogP contribution in [0.15, 0.2) is 115 Å². The average molecular weight is 496 g/mol. The van der Waals surface area contributed by atoms with Crippen molar-refractivity contribution in [1.82, 2.24) is 4.44 Å². The van der Waals surface area contributed by atoms with Crippen molar-refractivity contribution in [1.29, 1.82) is 0 Å². The molecule has 2 heterocycles. The summed E-state index contributed by atoms with van der Waals surface area (Å²) in [5, 5.41) is 2.70. The van der Waals surface area contributed by atoms with E-state index in [1.54, 1.807) is 0 Å². The lowest BCUT2D eigenvalue weighted by atomic mass is 10.0. The maximum atomic E-state index is 6.38. The van der Waals surface area contributed by atoms with Gasteiger partial charge in [-0.1, -0.05) is 103 Å². The largest absolute Gasteiger partial charge is 0.491 e. The maximum absolute atomic E-state index is 6.38. The van der Waals surface area contributed by atoms with Gasteiger partial charge in [0, 0.05) is 5.30 Å².